The lowest BCUT2D eigenvalue weighted by atomic mass is 9.97. The number of guanidine groups is 1. The molecule has 1 rings (SSSR count). The molecule has 1 unspecified atom stereocenters. The van der Waals surface area contributed by atoms with Gasteiger partial charge in [0.15, 0.2) is 5.96 Å². The van der Waals surface area contributed by atoms with Crippen LogP contribution in [0.15, 0.2) is 35.3 Å². The van der Waals surface area contributed by atoms with Gasteiger partial charge in [-0.1, -0.05) is 51.1 Å². The zero-order valence-electron chi connectivity index (χ0n) is 11.7. The molecule has 1 aromatic carbocycles. The Balaban J connectivity index is 2.48. The van der Waals surface area contributed by atoms with Gasteiger partial charge < -0.3 is 11.1 Å². The standard InChI is InChI=1S/C15H25N3/c1-4-13(14-8-6-5-7-9-14)11-18-15(16)17-10-12(2)3/h5-9,12-13H,4,10-11H2,1-3H3,(H3,16,17,18). The van der Waals surface area contributed by atoms with Crippen LogP contribution in [-0.2, 0) is 0 Å². The Morgan fingerprint density at radius 1 is 1.28 bits per heavy atom. The predicted molar refractivity (Wildman–Crippen MR) is 78.8 cm³/mol. The van der Waals surface area contributed by atoms with Crippen molar-refractivity contribution in [3.05, 3.63) is 35.9 Å². The van der Waals surface area contributed by atoms with Gasteiger partial charge >= 0.3 is 0 Å². The van der Waals surface area contributed by atoms with Crippen LogP contribution in [0.1, 0.15) is 38.7 Å². The summed E-state index contributed by atoms with van der Waals surface area (Å²) in [6, 6.07) is 10.5. The summed E-state index contributed by atoms with van der Waals surface area (Å²) < 4.78 is 0. The molecule has 0 aliphatic rings. The first kappa shape index (κ1) is 14.6. The Bertz CT molecular complexity index is 357. The summed E-state index contributed by atoms with van der Waals surface area (Å²) in [4.78, 5) is 4.31. The molecule has 0 aliphatic heterocycles. The Kier molecular flexibility index (Phi) is 6.26. The number of hydrogen-bond donors (Lipinski definition) is 2. The van der Waals surface area contributed by atoms with Crippen molar-refractivity contribution in [1.29, 1.82) is 0 Å². The number of hydrogen-bond acceptors (Lipinski definition) is 1. The molecule has 0 bridgehead atoms. The summed E-state index contributed by atoms with van der Waals surface area (Å²) in [5.41, 5.74) is 7.19. The average Bonchev–Trinajstić information content (AvgIpc) is 2.38. The van der Waals surface area contributed by atoms with E-state index in [1.807, 2.05) is 6.07 Å². The van der Waals surface area contributed by atoms with E-state index in [4.69, 9.17) is 5.73 Å². The SMILES string of the molecule is CCC(CNC(N)=NCC(C)C)c1ccccc1. The third-order valence-corrected chi connectivity index (χ3v) is 2.92. The molecule has 0 aliphatic carbocycles. The highest BCUT2D eigenvalue weighted by Gasteiger charge is 2.08. The molecule has 0 amide bonds. The highest BCUT2D eigenvalue weighted by molar-refractivity contribution is 5.77. The van der Waals surface area contributed by atoms with Gasteiger partial charge in [-0.05, 0) is 17.9 Å². The van der Waals surface area contributed by atoms with E-state index >= 15 is 0 Å². The van der Waals surface area contributed by atoms with Crippen molar-refractivity contribution in [3.63, 3.8) is 0 Å². The van der Waals surface area contributed by atoms with Gasteiger partial charge in [0.1, 0.15) is 0 Å². The first-order valence-corrected chi connectivity index (χ1v) is 6.72. The van der Waals surface area contributed by atoms with Gasteiger partial charge in [0.25, 0.3) is 0 Å². The van der Waals surface area contributed by atoms with Crippen molar-refractivity contribution in [3.8, 4) is 0 Å². The molecule has 1 aromatic rings. The summed E-state index contributed by atoms with van der Waals surface area (Å²) in [5.74, 6) is 1.58. The number of rotatable bonds is 6. The van der Waals surface area contributed by atoms with Gasteiger partial charge in [-0.25, -0.2) is 0 Å². The molecule has 0 aromatic heterocycles. The van der Waals surface area contributed by atoms with E-state index in [0.717, 1.165) is 19.5 Å². The Hall–Kier alpha value is -1.51. The van der Waals surface area contributed by atoms with Crippen molar-refractivity contribution in [2.45, 2.75) is 33.1 Å². The quantitative estimate of drug-likeness (QED) is 0.600. The van der Waals surface area contributed by atoms with Crippen LogP contribution in [0, 0.1) is 5.92 Å². The van der Waals surface area contributed by atoms with Crippen LogP contribution in [0.3, 0.4) is 0 Å². The van der Waals surface area contributed by atoms with E-state index in [9.17, 15) is 0 Å². The molecule has 3 nitrogen and oxygen atoms in total. The van der Waals surface area contributed by atoms with Crippen LogP contribution in [0.4, 0.5) is 0 Å². The fourth-order valence-corrected chi connectivity index (χ4v) is 1.79. The zero-order chi connectivity index (χ0) is 13.4. The van der Waals surface area contributed by atoms with Crippen LogP contribution in [0.2, 0.25) is 0 Å². The fraction of sp³-hybridized carbons (Fsp3) is 0.533. The summed E-state index contributed by atoms with van der Waals surface area (Å²) in [6.45, 7) is 8.08. The third kappa shape index (κ3) is 5.21. The largest absolute Gasteiger partial charge is 0.370 e. The van der Waals surface area contributed by atoms with E-state index in [2.05, 4.69) is 55.3 Å². The van der Waals surface area contributed by atoms with E-state index in [0.29, 0.717) is 17.8 Å². The number of nitrogens with two attached hydrogens (primary N) is 1. The minimum absolute atomic E-state index is 0.485. The summed E-state index contributed by atoms with van der Waals surface area (Å²) in [5, 5.41) is 3.22. The number of nitrogens with one attached hydrogen (secondary N) is 1. The molecule has 0 heterocycles. The van der Waals surface area contributed by atoms with Gasteiger partial charge in [0.2, 0.25) is 0 Å². The highest BCUT2D eigenvalue weighted by Crippen LogP contribution is 2.17. The van der Waals surface area contributed by atoms with E-state index in [1.165, 1.54) is 5.56 Å². The lowest BCUT2D eigenvalue weighted by Gasteiger charge is -2.16. The molecule has 100 valence electrons. The van der Waals surface area contributed by atoms with Crippen molar-refractivity contribution >= 4 is 5.96 Å². The smallest absolute Gasteiger partial charge is 0.188 e. The molecule has 3 heteroatoms. The molecular weight excluding hydrogens is 222 g/mol. The van der Waals surface area contributed by atoms with Crippen LogP contribution in [0.5, 0.6) is 0 Å². The summed E-state index contributed by atoms with van der Waals surface area (Å²) >= 11 is 0. The van der Waals surface area contributed by atoms with Crippen molar-refractivity contribution in [2.24, 2.45) is 16.6 Å². The Morgan fingerprint density at radius 2 is 1.94 bits per heavy atom. The minimum atomic E-state index is 0.485. The molecule has 0 spiro atoms. The van der Waals surface area contributed by atoms with Crippen LogP contribution in [-0.4, -0.2) is 19.0 Å². The molecule has 1 atom stereocenters. The molecular formula is C15H25N3. The summed E-state index contributed by atoms with van der Waals surface area (Å²) in [7, 11) is 0. The van der Waals surface area contributed by atoms with Crippen LogP contribution < -0.4 is 11.1 Å². The molecule has 3 N–H and O–H groups in total. The van der Waals surface area contributed by atoms with Gasteiger partial charge in [-0.15, -0.1) is 0 Å². The highest BCUT2D eigenvalue weighted by atomic mass is 15.1. The van der Waals surface area contributed by atoms with Crippen molar-refractivity contribution < 1.29 is 0 Å². The van der Waals surface area contributed by atoms with Gasteiger partial charge in [-0.3, -0.25) is 4.99 Å². The number of aliphatic imine (C=N–C) groups is 1. The second-order valence-corrected chi connectivity index (χ2v) is 5.02. The predicted octanol–water partition coefficient (Wildman–Crippen LogP) is 2.74. The Morgan fingerprint density at radius 3 is 2.50 bits per heavy atom. The van der Waals surface area contributed by atoms with Crippen molar-refractivity contribution in [1.82, 2.24) is 5.32 Å². The number of benzene rings is 1. The fourth-order valence-electron chi connectivity index (χ4n) is 1.79. The first-order chi connectivity index (χ1) is 8.63. The molecule has 0 saturated carbocycles. The second-order valence-electron chi connectivity index (χ2n) is 5.02. The average molecular weight is 247 g/mol. The maximum Gasteiger partial charge on any atom is 0.188 e. The minimum Gasteiger partial charge on any atom is -0.370 e. The van der Waals surface area contributed by atoms with Gasteiger partial charge in [0.05, 0.1) is 0 Å². The van der Waals surface area contributed by atoms with E-state index < -0.39 is 0 Å². The van der Waals surface area contributed by atoms with Crippen LogP contribution >= 0.6 is 0 Å². The van der Waals surface area contributed by atoms with E-state index in [-0.39, 0.29) is 0 Å². The van der Waals surface area contributed by atoms with Crippen LogP contribution in [0.25, 0.3) is 0 Å². The lowest BCUT2D eigenvalue weighted by molar-refractivity contribution is 0.629. The maximum absolute atomic E-state index is 5.84. The first-order valence-electron chi connectivity index (χ1n) is 6.72. The van der Waals surface area contributed by atoms with Gasteiger partial charge in [-0.2, -0.15) is 0 Å². The molecule has 0 fully saturated rings. The zero-order valence-corrected chi connectivity index (χ0v) is 11.7. The molecule has 18 heavy (non-hydrogen) atoms. The topological polar surface area (TPSA) is 50.4 Å². The van der Waals surface area contributed by atoms with E-state index in [1.54, 1.807) is 0 Å². The third-order valence-electron chi connectivity index (χ3n) is 2.92. The number of nitrogens with zero attached hydrogens (tertiary/aromatic N) is 1. The summed E-state index contributed by atoms with van der Waals surface area (Å²) in [6.07, 6.45) is 1.09. The maximum atomic E-state index is 5.84. The normalized spacial score (nSPS) is 13.7. The van der Waals surface area contributed by atoms with Gasteiger partial charge in [0, 0.05) is 19.0 Å². The monoisotopic (exact) mass is 247 g/mol. The Labute approximate surface area is 111 Å². The molecule has 0 saturated heterocycles. The lowest BCUT2D eigenvalue weighted by Crippen LogP contribution is -2.35. The molecule has 0 radical (unpaired) electrons. The van der Waals surface area contributed by atoms with Crippen molar-refractivity contribution in [2.75, 3.05) is 13.1 Å². The second kappa shape index (κ2) is 7.75.